The van der Waals surface area contributed by atoms with Gasteiger partial charge in [0.25, 0.3) is 0 Å². The van der Waals surface area contributed by atoms with Crippen molar-refractivity contribution in [3.05, 3.63) is 41.9 Å². The lowest BCUT2D eigenvalue weighted by Gasteiger charge is -2.44. The molecule has 0 amide bonds. The van der Waals surface area contributed by atoms with Crippen molar-refractivity contribution in [3.8, 4) is 0 Å². The molecule has 0 saturated heterocycles. The van der Waals surface area contributed by atoms with Crippen LogP contribution in [0.4, 0.5) is 0 Å². The molecule has 2 atom stereocenters. The fraction of sp³-hybridized carbons (Fsp3) is 0.565. The van der Waals surface area contributed by atoms with Gasteiger partial charge >= 0.3 is 11.9 Å². The van der Waals surface area contributed by atoms with Crippen molar-refractivity contribution >= 4 is 17.7 Å². The van der Waals surface area contributed by atoms with E-state index in [-0.39, 0.29) is 55.7 Å². The van der Waals surface area contributed by atoms with Gasteiger partial charge in [0.05, 0.1) is 31.1 Å². The van der Waals surface area contributed by atoms with Crippen LogP contribution in [0.25, 0.3) is 0 Å². The van der Waals surface area contributed by atoms with Crippen LogP contribution in [0.3, 0.4) is 0 Å². The van der Waals surface area contributed by atoms with Crippen LogP contribution in [0.1, 0.15) is 55.6 Å². The van der Waals surface area contributed by atoms with Gasteiger partial charge in [-0.2, -0.15) is 0 Å². The first-order valence-corrected chi connectivity index (χ1v) is 10.9. The number of carboxylic acid groups (broad SMARTS) is 2. The molecular weight excluding hydrogens is 414 g/mol. The molecule has 0 radical (unpaired) electrons. The standard InChI is InChI=1S/C23H33N3O6/c1-15(2)23(32)17-7-6-10-24-18(17)12-26(14-22(30)31)20-9-5-4-8-19(20)25(11-16(3)27)13-21(28)29/h6-7,10,15,19-20,27H,3-5,8-9,11-14H2,1-2H3,(H,28,29)(H,30,31)/t19?,20-/m0/s1. The number of aliphatic hydroxyl groups excluding tert-OH is 1. The third-order valence-electron chi connectivity index (χ3n) is 5.73. The molecule has 1 aromatic rings. The Bertz CT molecular complexity index is 825. The van der Waals surface area contributed by atoms with Crippen LogP contribution in [-0.2, 0) is 16.1 Å². The third-order valence-corrected chi connectivity index (χ3v) is 5.73. The molecule has 9 nitrogen and oxygen atoms in total. The zero-order chi connectivity index (χ0) is 23.8. The topological polar surface area (TPSA) is 131 Å². The molecular formula is C23H33N3O6. The molecule has 0 spiro atoms. The number of aromatic nitrogens is 1. The molecule has 1 saturated carbocycles. The summed E-state index contributed by atoms with van der Waals surface area (Å²) >= 11 is 0. The molecule has 1 fully saturated rings. The fourth-order valence-corrected chi connectivity index (χ4v) is 4.40. The number of nitrogens with zero attached hydrogens (tertiary/aromatic N) is 3. The average Bonchev–Trinajstić information content (AvgIpc) is 2.71. The highest BCUT2D eigenvalue weighted by atomic mass is 16.4. The monoisotopic (exact) mass is 447 g/mol. The quantitative estimate of drug-likeness (QED) is 0.327. The highest BCUT2D eigenvalue weighted by Gasteiger charge is 2.36. The number of hydrogen-bond donors (Lipinski definition) is 3. The highest BCUT2D eigenvalue weighted by molar-refractivity contribution is 5.98. The average molecular weight is 448 g/mol. The second kappa shape index (κ2) is 11.7. The van der Waals surface area contributed by atoms with E-state index in [1.165, 1.54) is 0 Å². The van der Waals surface area contributed by atoms with Gasteiger partial charge in [-0.15, -0.1) is 0 Å². The number of aliphatic carboxylic acids is 2. The Morgan fingerprint density at radius 2 is 1.59 bits per heavy atom. The largest absolute Gasteiger partial charge is 0.512 e. The Labute approximate surface area is 188 Å². The first-order valence-electron chi connectivity index (χ1n) is 10.9. The lowest BCUT2D eigenvalue weighted by atomic mass is 9.87. The van der Waals surface area contributed by atoms with Gasteiger partial charge in [-0.1, -0.05) is 33.3 Å². The molecule has 1 aliphatic rings. The number of carbonyl (C=O) groups excluding carboxylic acids is 1. The van der Waals surface area contributed by atoms with Crippen molar-refractivity contribution in [3.63, 3.8) is 0 Å². The summed E-state index contributed by atoms with van der Waals surface area (Å²) in [4.78, 5) is 43.6. The van der Waals surface area contributed by atoms with Gasteiger partial charge in [-0.3, -0.25) is 29.2 Å². The summed E-state index contributed by atoms with van der Waals surface area (Å²) in [6.07, 6.45) is 4.67. The van der Waals surface area contributed by atoms with Crippen LogP contribution >= 0.6 is 0 Å². The van der Waals surface area contributed by atoms with Gasteiger partial charge in [0, 0.05) is 36.3 Å². The van der Waals surface area contributed by atoms with E-state index < -0.39 is 11.9 Å². The number of ketones is 1. The van der Waals surface area contributed by atoms with E-state index in [2.05, 4.69) is 11.6 Å². The van der Waals surface area contributed by atoms with Crippen LogP contribution < -0.4 is 0 Å². The van der Waals surface area contributed by atoms with Crippen LogP contribution in [0.15, 0.2) is 30.7 Å². The molecule has 0 aliphatic heterocycles. The summed E-state index contributed by atoms with van der Waals surface area (Å²) in [6, 6.07) is 2.83. The Morgan fingerprint density at radius 1 is 1.03 bits per heavy atom. The van der Waals surface area contributed by atoms with Crippen molar-refractivity contribution in [2.24, 2.45) is 5.92 Å². The molecule has 0 bridgehead atoms. The number of hydrogen-bond acceptors (Lipinski definition) is 7. The maximum Gasteiger partial charge on any atom is 0.317 e. The fourth-order valence-electron chi connectivity index (χ4n) is 4.40. The summed E-state index contributed by atoms with van der Waals surface area (Å²) in [5.74, 6) is -2.48. The van der Waals surface area contributed by atoms with Gasteiger partial charge in [0.1, 0.15) is 0 Å². The number of pyridine rings is 1. The summed E-state index contributed by atoms with van der Waals surface area (Å²) in [6.45, 7) is 6.69. The number of rotatable bonds is 12. The highest BCUT2D eigenvalue weighted by Crippen LogP contribution is 2.29. The molecule has 1 unspecified atom stereocenters. The van der Waals surface area contributed by atoms with Crippen molar-refractivity contribution in [2.75, 3.05) is 19.6 Å². The van der Waals surface area contributed by atoms with Crippen LogP contribution in [0, 0.1) is 5.92 Å². The van der Waals surface area contributed by atoms with E-state index in [1.807, 2.05) is 0 Å². The van der Waals surface area contributed by atoms with Gasteiger partial charge in [0.2, 0.25) is 0 Å². The normalized spacial score (nSPS) is 18.8. The van der Waals surface area contributed by atoms with Gasteiger partial charge in [0.15, 0.2) is 5.78 Å². The van der Waals surface area contributed by atoms with Crippen LogP contribution in [0.2, 0.25) is 0 Å². The van der Waals surface area contributed by atoms with Gasteiger partial charge in [-0.05, 0) is 25.0 Å². The van der Waals surface area contributed by atoms with E-state index in [0.717, 1.165) is 12.8 Å². The van der Waals surface area contributed by atoms with Crippen LogP contribution in [0.5, 0.6) is 0 Å². The van der Waals surface area contributed by atoms with Gasteiger partial charge < -0.3 is 15.3 Å². The van der Waals surface area contributed by atoms with Gasteiger partial charge in [-0.25, -0.2) is 0 Å². The van der Waals surface area contributed by atoms with E-state index in [1.54, 1.807) is 42.0 Å². The first-order chi connectivity index (χ1) is 15.1. The summed E-state index contributed by atoms with van der Waals surface area (Å²) < 4.78 is 0. The minimum Gasteiger partial charge on any atom is -0.512 e. The molecule has 0 aromatic carbocycles. The van der Waals surface area contributed by atoms with Crippen molar-refractivity contribution in [2.45, 2.75) is 58.2 Å². The molecule has 2 rings (SSSR count). The van der Waals surface area contributed by atoms with Crippen molar-refractivity contribution < 1.29 is 29.7 Å². The smallest absolute Gasteiger partial charge is 0.317 e. The number of aliphatic hydroxyl groups is 1. The Morgan fingerprint density at radius 3 is 2.12 bits per heavy atom. The Balaban J connectivity index is 2.40. The minimum atomic E-state index is -1.03. The third kappa shape index (κ3) is 7.13. The van der Waals surface area contributed by atoms with Crippen molar-refractivity contribution in [1.82, 2.24) is 14.8 Å². The maximum absolute atomic E-state index is 12.7. The summed E-state index contributed by atoms with van der Waals surface area (Å²) in [5, 5.41) is 28.7. The Kier molecular flexibility index (Phi) is 9.34. The molecule has 176 valence electrons. The number of carbonyl (C=O) groups is 3. The SMILES string of the molecule is C=C(O)CN(CC(=O)O)C1CCCC[C@@H]1N(CC(=O)O)Cc1ncccc1C(=O)C(C)C. The van der Waals surface area contributed by atoms with Crippen LogP contribution in [-0.4, -0.2) is 79.5 Å². The molecule has 3 N–H and O–H groups in total. The van der Waals surface area contributed by atoms with E-state index in [9.17, 15) is 29.7 Å². The molecule has 9 heteroatoms. The molecule has 1 heterocycles. The summed E-state index contributed by atoms with van der Waals surface area (Å²) in [7, 11) is 0. The Hall–Kier alpha value is -2.78. The van der Waals surface area contributed by atoms with E-state index in [4.69, 9.17) is 0 Å². The van der Waals surface area contributed by atoms with Crippen molar-refractivity contribution in [1.29, 1.82) is 0 Å². The predicted octanol–water partition coefficient (Wildman–Crippen LogP) is 2.58. The van der Waals surface area contributed by atoms with E-state index >= 15 is 0 Å². The summed E-state index contributed by atoms with van der Waals surface area (Å²) in [5.41, 5.74) is 0.976. The zero-order valence-corrected chi connectivity index (χ0v) is 18.7. The molecule has 1 aromatic heterocycles. The molecule has 32 heavy (non-hydrogen) atoms. The molecule has 1 aliphatic carbocycles. The predicted molar refractivity (Wildman–Crippen MR) is 118 cm³/mol. The minimum absolute atomic E-state index is 0.00491. The second-order valence-corrected chi connectivity index (χ2v) is 8.60. The first kappa shape index (κ1) is 25.5. The number of Topliss-reactive ketones (excluding diaryl/α,β-unsaturated/α-hetero) is 1. The zero-order valence-electron chi connectivity index (χ0n) is 18.7. The lowest BCUT2D eigenvalue weighted by molar-refractivity contribution is -0.142. The second-order valence-electron chi connectivity index (χ2n) is 8.60. The lowest BCUT2D eigenvalue weighted by Crippen LogP contribution is -2.55. The maximum atomic E-state index is 12.7. The number of carboxylic acids is 2. The van der Waals surface area contributed by atoms with E-state index in [0.29, 0.717) is 24.1 Å².